The number of hydrogen-bond donors (Lipinski definition) is 0. The van der Waals surface area contributed by atoms with Crippen molar-refractivity contribution >= 4 is 17.7 Å². The molecule has 0 N–H and O–H groups in total. The van der Waals surface area contributed by atoms with Crippen LogP contribution in [0.25, 0.3) is 17.7 Å². The Labute approximate surface area is 147 Å². The van der Waals surface area contributed by atoms with Gasteiger partial charge in [-0.1, -0.05) is 87.2 Å². The van der Waals surface area contributed by atoms with Crippen LogP contribution in [0.1, 0.15) is 62.3 Å². The lowest BCUT2D eigenvalue weighted by atomic mass is 9.90. The Balaban J connectivity index is 2.41. The largest absolute Gasteiger partial charge is 0.0909 e. The number of benzene rings is 2. The first-order valence-electron chi connectivity index (χ1n) is 8.77. The first-order chi connectivity index (χ1) is 11.6. The van der Waals surface area contributed by atoms with E-state index in [1.165, 1.54) is 27.8 Å². The van der Waals surface area contributed by atoms with Gasteiger partial charge in [0, 0.05) is 0 Å². The van der Waals surface area contributed by atoms with Crippen molar-refractivity contribution in [2.45, 2.75) is 40.0 Å². The van der Waals surface area contributed by atoms with E-state index in [2.05, 4.69) is 94.1 Å². The van der Waals surface area contributed by atoms with E-state index in [9.17, 15) is 0 Å². The molecule has 0 fully saturated rings. The Morgan fingerprint density at radius 3 is 2.33 bits per heavy atom. The fourth-order valence-corrected chi connectivity index (χ4v) is 2.94. The first-order valence-corrected chi connectivity index (χ1v) is 8.77. The van der Waals surface area contributed by atoms with Gasteiger partial charge in [-0.15, -0.1) is 0 Å². The monoisotopic (exact) mass is 316 g/mol. The highest BCUT2D eigenvalue weighted by molar-refractivity contribution is 5.86. The van der Waals surface area contributed by atoms with Gasteiger partial charge in [-0.25, -0.2) is 0 Å². The van der Waals surface area contributed by atoms with Crippen molar-refractivity contribution < 1.29 is 0 Å². The lowest BCUT2D eigenvalue weighted by Crippen LogP contribution is -1.95. The summed E-state index contributed by atoms with van der Waals surface area (Å²) in [5.74, 6) is 0.564. The Morgan fingerprint density at radius 1 is 1.04 bits per heavy atom. The molecule has 0 radical (unpaired) electrons. The molecular weight excluding hydrogens is 288 g/mol. The summed E-state index contributed by atoms with van der Waals surface area (Å²) < 4.78 is 0. The smallest absolute Gasteiger partial charge is 0.0115 e. The molecule has 0 spiro atoms. The van der Waals surface area contributed by atoms with Crippen LogP contribution < -0.4 is 0 Å². The average Bonchev–Trinajstić information content (AvgIpc) is 2.61. The SMILES string of the molecule is C=C(/C(C)=C/c1ccccc1C(C)CC)c1ccccc1/C=C\C. The molecule has 0 saturated carbocycles. The summed E-state index contributed by atoms with van der Waals surface area (Å²) in [6, 6.07) is 17.1. The lowest BCUT2D eigenvalue weighted by molar-refractivity contribution is 0.732. The van der Waals surface area contributed by atoms with Gasteiger partial charge in [0.05, 0.1) is 0 Å². The maximum absolute atomic E-state index is 4.36. The van der Waals surface area contributed by atoms with Crippen molar-refractivity contribution in [1.29, 1.82) is 0 Å². The van der Waals surface area contributed by atoms with Crippen molar-refractivity contribution in [3.63, 3.8) is 0 Å². The van der Waals surface area contributed by atoms with Gasteiger partial charge in [0.25, 0.3) is 0 Å². The van der Waals surface area contributed by atoms with Gasteiger partial charge in [-0.3, -0.25) is 0 Å². The fourth-order valence-electron chi connectivity index (χ4n) is 2.94. The molecule has 2 aromatic rings. The summed E-state index contributed by atoms with van der Waals surface area (Å²) in [7, 11) is 0. The maximum atomic E-state index is 4.36. The normalized spacial score (nSPS) is 13.2. The predicted molar refractivity (Wildman–Crippen MR) is 109 cm³/mol. The van der Waals surface area contributed by atoms with Gasteiger partial charge >= 0.3 is 0 Å². The van der Waals surface area contributed by atoms with Gasteiger partial charge in [0.1, 0.15) is 0 Å². The van der Waals surface area contributed by atoms with Crippen LogP contribution in [0.15, 0.2) is 66.8 Å². The Bertz CT molecular complexity index is 759. The first kappa shape index (κ1) is 18.0. The highest BCUT2D eigenvalue weighted by atomic mass is 14.1. The van der Waals surface area contributed by atoms with Gasteiger partial charge < -0.3 is 0 Å². The van der Waals surface area contributed by atoms with Crippen LogP contribution in [-0.2, 0) is 0 Å². The van der Waals surface area contributed by atoms with Crippen molar-refractivity contribution in [2.75, 3.05) is 0 Å². The molecule has 0 aliphatic heterocycles. The van der Waals surface area contributed by atoms with Crippen LogP contribution in [-0.4, -0.2) is 0 Å². The van der Waals surface area contributed by atoms with E-state index < -0.39 is 0 Å². The van der Waals surface area contributed by atoms with Crippen molar-refractivity contribution in [3.8, 4) is 0 Å². The van der Waals surface area contributed by atoms with Crippen molar-refractivity contribution in [2.24, 2.45) is 0 Å². The topological polar surface area (TPSA) is 0 Å². The molecule has 0 heterocycles. The number of allylic oxidation sites excluding steroid dienone is 3. The maximum Gasteiger partial charge on any atom is -0.0115 e. The van der Waals surface area contributed by atoms with E-state index >= 15 is 0 Å². The summed E-state index contributed by atoms with van der Waals surface area (Å²) in [5, 5.41) is 0. The summed E-state index contributed by atoms with van der Waals surface area (Å²) in [4.78, 5) is 0. The minimum Gasteiger partial charge on any atom is -0.0909 e. The molecule has 2 rings (SSSR count). The van der Waals surface area contributed by atoms with Crippen molar-refractivity contribution in [1.82, 2.24) is 0 Å². The quantitative estimate of drug-likeness (QED) is 0.489. The molecule has 0 aliphatic carbocycles. The standard InChI is InChI=1S/C24H28/c1-6-12-21-13-8-11-16-24(21)20(5)19(4)17-22-14-9-10-15-23(22)18(3)7-2/h6,8-18H,5,7H2,1-4H3/b12-6-,19-17+. The van der Waals surface area contributed by atoms with E-state index in [1.807, 2.05) is 6.92 Å². The highest BCUT2D eigenvalue weighted by Crippen LogP contribution is 2.29. The molecule has 0 aromatic heterocycles. The third-order valence-corrected chi connectivity index (χ3v) is 4.62. The molecule has 0 nitrogen and oxygen atoms in total. The average molecular weight is 316 g/mol. The molecule has 1 unspecified atom stereocenters. The fraction of sp³-hybridized carbons (Fsp3) is 0.250. The van der Waals surface area contributed by atoms with Crippen LogP contribution in [0.4, 0.5) is 0 Å². The second kappa shape index (κ2) is 8.49. The molecule has 2 aromatic carbocycles. The van der Waals surface area contributed by atoms with Gasteiger partial charge in [-0.2, -0.15) is 0 Å². The van der Waals surface area contributed by atoms with Crippen LogP contribution in [0.5, 0.6) is 0 Å². The summed E-state index contributed by atoms with van der Waals surface area (Å²) in [6.07, 6.45) is 7.63. The van der Waals surface area contributed by atoms with Gasteiger partial charge in [0.15, 0.2) is 0 Å². The minimum absolute atomic E-state index is 0.564. The summed E-state index contributed by atoms with van der Waals surface area (Å²) in [6.45, 7) is 13.1. The third kappa shape index (κ3) is 4.14. The molecule has 0 amide bonds. The van der Waals surface area contributed by atoms with Crippen LogP contribution in [0.2, 0.25) is 0 Å². The third-order valence-electron chi connectivity index (χ3n) is 4.62. The Morgan fingerprint density at radius 2 is 1.67 bits per heavy atom. The minimum atomic E-state index is 0.564. The Hall–Kier alpha value is -2.34. The molecule has 124 valence electrons. The zero-order valence-corrected chi connectivity index (χ0v) is 15.3. The Kier molecular flexibility index (Phi) is 6.37. The second-order valence-electron chi connectivity index (χ2n) is 6.33. The van der Waals surface area contributed by atoms with E-state index in [1.54, 1.807) is 0 Å². The highest BCUT2D eigenvalue weighted by Gasteiger charge is 2.09. The summed E-state index contributed by atoms with van der Waals surface area (Å²) >= 11 is 0. The molecule has 0 aliphatic rings. The van der Waals surface area contributed by atoms with Crippen LogP contribution >= 0.6 is 0 Å². The van der Waals surface area contributed by atoms with Crippen LogP contribution in [0, 0.1) is 0 Å². The van der Waals surface area contributed by atoms with E-state index in [0.29, 0.717) is 5.92 Å². The lowest BCUT2D eigenvalue weighted by Gasteiger charge is -2.15. The number of rotatable bonds is 6. The van der Waals surface area contributed by atoms with Gasteiger partial charge in [-0.05, 0) is 59.6 Å². The second-order valence-corrected chi connectivity index (χ2v) is 6.33. The molecule has 0 saturated heterocycles. The molecule has 0 bridgehead atoms. The van der Waals surface area contributed by atoms with Crippen molar-refractivity contribution in [3.05, 3.63) is 89.0 Å². The van der Waals surface area contributed by atoms with E-state index in [0.717, 1.165) is 12.0 Å². The molecule has 0 heteroatoms. The predicted octanol–water partition coefficient (Wildman–Crippen LogP) is 7.35. The van der Waals surface area contributed by atoms with E-state index in [4.69, 9.17) is 0 Å². The summed E-state index contributed by atoms with van der Waals surface area (Å²) in [5.41, 5.74) is 7.42. The van der Waals surface area contributed by atoms with Crippen LogP contribution in [0.3, 0.4) is 0 Å². The number of hydrogen-bond acceptors (Lipinski definition) is 0. The van der Waals surface area contributed by atoms with Gasteiger partial charge in [0.2, 0.25) is 0 Å². The zero-order valence-electron chi connectivity index (χ0n) is 15.3. The van der Waals surface area contributed by atoms with E-state index in [-0.39, 0.29) is 0 Å². The molecule has 24 heavy (non-hydrogen) atoms. The zero-order chi connectivity index (χ0) is 17.5. The molecule has 1 atom stereocenters. The molecular formula is C24H28.